The maximum Gasteiger partial charge on any atom is 0.0706 e. The van der Waals surface area contributed by atoms with Crippen molar-refractivity contribution >= 4 is 44.4 Å². The Bertz CT molecular complexity index is 3970. The fraction of sp³-hybridized carbons (Fsp3) is 0.400. The molecule has 9 heterocycles. The van der Waals surface area contributed by atoms with E-state index < -0.39 is 0 Å². The number of aromatic amines is 2. The monoisotopic (exact) mass is 942 g/mol. The average molecular weight is 943 g/mol. The lowest BCUT2D eigenvalue weighted by Gasteiger charge is -2.48. The quantitative estimate of drug-likeness (QED) is 0.150. The highest BCUT2D eigenvalue weighted by atomic mass is 14.9. The fourth-order valence-corrected chi connectivity index (χ4v) is 17.3. The summed E-state index contributed by atoms with van der Waals surface area (Å²) in [6.07, 6.45) is 18.9. The maximum atomic E-state index is 5.87. The van der Waals surface area contributed by atoms with Gasteiger partial charge < -0.3 is 9.97 Å². The Hall–Kier alpha value is -7.08. The Morgan fingerprint density at radius 2 is 0.611 bits per heavy atom. The Balaban J connectivity index is 1.05. The first-order chi connectivity index (χ1) is 34.7. The van der Waals surface area contributed by atoms with E-state index in [1.165, 1.54) is 44.5 Å². The second kappa shape index (κ2) is 12.7. The molecule has 0 saturated carbocycles. The highest BCUT2D eigenvalue weighted by molar-refractivity contribution is 6.04. The van der Waals surface area contributed by atoms with Crippen LogP contribution in [0.3, 0.4) is 0 Å². The van der Waals surface area contributed by atoms with Crippen molar-refractivity contribution in [2.45, 2.75) is 128 Å². The van der Waals surface area contributed by atoms with Crippen LogP contribution in [0.25, 0.3) is 44.4 Å². The summed E-state index contributed by atoms with van der Waals surface area (Å²) in [7, 11) is 0. The molecule has 2 N–H and O–H groups in total. The number of hydrogen-bond donors (Lipinski definition) is 2. The molecule has 16 bridgehead atoms. The second-order valence-electron chi connectivity index (χ2n) is 25.6. The molecule has 8 unspecified atom stereocenters. The molecule has 14 aliphatic rings. The van der Waals surface area contributed by atoms with E-state index in [-0.39, 0.29) is 69.0 Å². The highest BCUT2D eigenvalue weighted by Gasteiger charge is 2.57. The van der Waals surface area contributed by atoms with Crippen LogP contribution in [-0.2, 0) is 0 Å². The van der Waals surface area contributed by atoms with Gasteiger partial charge in [0.2, 0.25) is 0 Å². The van der Waals surface area contributed by atoms with E-state index in [2.05, 4.69) is 89.6 Å². The summed E-state index contributed by atoms with van der Waals surface area (Å²) >= 11 is 0. The molecule has 354 valence electrons. The molecule has 12 nitrogen and oxygen atoms in total. The van der Waals surface area contributed by atoms with Gasteiger partial charge in [-0.05, 0) is 116 Å². The maximum absolute atomic E-state index is 5.87. The number of fused-ring (bicyclic) bond motifs is 12. The van der Waals surface area contributed by atoms with Crippen LogP contribution in [0.5, 0.6) is 0 Å². The molecule has 2 aliphatic heterocycles. The molecule has 12 aliphatic carbocycles. The number of nitrogens with one attached hydrogen (secondary N) is 2. The van der Waals surface area contributed by atoms with Gasteiger partial charge in [-0.25, -0.2) is 9.97 Å². The normalized spacial score (nSPS) is 28.7. The summed E-state index contributed by atoms with van der Waals surface area (Å²) in [6.45, 7) is 19.4. The Morgan fingerprint density at radius 3 is 1.06 bits per heavy atom. The van der Waals surface area contributed by atoms with Crippen molar-refractivity contribution in [2.24, 2.45) is 21.7 Å². The Kier molecular flexibility index (Phi) is 7.17. The van der Waals surface area contributed by atoms with Gasteiger partial charge in [-0.15, -0.1) is 0 Å². The van der Waals surface area contributed by atoms with Crippen molar-refractivity contribution in [3.8, 4) is 0 Å². The van der Waals surface area contributed by atoms with Crippen molar-refractivity contribution in [2.75, 3.05) is 0 Å². The lowest BCUT2D eigenvalue weighted by Crippen LogP contribution is -2.38. The van der Waals surface area contributed by atoms with E-state index in [9.17, 15) is 0 Å². The molecule has 7 aromatic heterocycles. The molecule has 21 rings (SSSR count). The summed E-state index contributed by atoms with van der Waals surface area (Å²) in [5.41, 5.74) is 27.3. The molecular formula is C60H54N12. The first-order valence-electron chi connectivity index (χ1n) is 26.2. The number of hydrogen-bond acceptors (Lipinski definition) is 10. The molecule has 7 aromatic rings. The number of allylic oxidation sites excluding steroid dienone is 4. The van der Waals surface area contributed by atoms with E-state index in [0.717, 1.165) is 116 Å². The third-order valence-electron chi connectivity index (χ3n) is 19.6. The van der Waals surface area contributed by atoms with E-state index >= 15 is 0 Å². The van der Waals surface area contributed by atoms with E-state index in [0.29, 0.717) is 0 Å². The van der Waals surface area contributed by atoms with Crippen LogP contribution in [0.4, 0.5) is 0 Å². The van der Waals surface area contributed by atoms with Gasteiger partial charge in [0.25, 0.3) is 0 Å². The van der Waals surface area contributed by atoms with Gasteiger partial charge in [0.15, 0.2) is 0 Å². The van der Waals surface area contributed by atoms with Crippen molar-refractivity contribution < 1.29 is 0 Å². The summed E-state index contributed by atoms with van der Waals surface area (Å²) in [5, 5.41) is 0. The van der Waals surface area contributed by atoms with E-state index in [1.54, 1.807) is 0 Å². The average Bonchev–Trinajstić information content (AvgIpc) is 4.10. The lowest BCUT2D eigenvalue weighted by atomic mass is 9.54. The number of nitrogens with zero attached hydrogens (tertiary/aromatic N) is 10. The molecule has 0 saturated heterocycles. The lowest BCUT2D eigenvalue weighted by molar-refractivity contribution is 0.231. The first kappa shape index (κ1) is 40.5. The van der Waals surface area contributed by atoms with Gasteiger partial charge in [-0.1, -0.05) is 55.4 Å². The molecule has 72 heavy (non-hydrogen) atoms. The second-order valence-corrected chi connectivity index (χ2v) is 25.6. The molecule has 0 radical (unpaired) electrons. The molecule has 0 aromatic carbocycles. The Morgan fingerprint density at radius 1 is 0.319 bits per heavy atom. The van der Waals surface area contributed by atoms with E-state index in [1.807, 2.05) is 49.6 Å². The minimum absolute atomic E-state index is 0.00994. The zero-order chi connectivity index (χ0) is 48.3. The van der Waals surface area contributed by atoms with Crippen molar-refractivity contribution in [3.05, 3.63) is 164 Å². The van der Waals surface area contributed by atoms with Gasteiger partial charge in [-0.2, -0.15) is 0 Å². The van der Waals surface area contributed by atoms with Crippen LogP contribution in [0.2, 0.25) is 0 Å². The number of H-pyrrole nitrogens is 2. The topological polar surface area (TPSA) is 160 Å². The number of rotatable bonds is 0. The largest absolute Gasteiger partial charge is 0.355 e. The van der Waals surface area contributed by atoms with Crippen molar-refractivity contribution in [1.82, 2.24) is 59.8 Å². The van der Waals surface area contributed by atoms with Gasteiger partial charge in [0.05, 0.1) is 68.3 Å². The fourth-order valence-electron chi connectivity index (χ4n) is 17.3. The molecule has 0 spiro atoms. The predicted octanol–water partition coefficient (Wildman–Crippen LogP) is 11.9. The summed E-state index contributed by atoms with van der Waals surface area (Å²) in [4.78, 5) is 61.2. The van der Waals surface area contributed by atoms with Crippen molar-refractivity contribution in [1.29, 1.82) is 0 Å². The summed E-state index contributed by atoms with van der Waals surface area (Å²) < 4.78 is 0. The van der Waals surface area contributed by atoms with Gasteiger partial charge in [0.1, 0.15) is 0 Å². The molecule has 12 heteroatoms. The van der Waals surface area contributed by atoms with Gasteiger partial charge in [0, 0.05) is 119 Å². The summed E-state index contributed by atoms with van der Waals surface area (Å²) in [5.74, 6) is 0.314. The minimum Gasteiger partial charge on any atom is -0.355 e. The molecule has 8 atom stereocenters. The van der Waals surface area contributed by atoms with Crippen LogP contribution in [0, 0.1) is 21.7 Å². The molecule has 0 amide bonds. The van der Waals surface area contributed by atoms with Gasteiger partial charge in [-0.3, -0.25) is 39.9 Å². The van der Waals surface area contributed by atoms with Crippen LogP contribution in [0.15, 0.2) is 73.8 Å². The standard InChI is InChI=1S/C60H54N12/c1-57(2)21-25-37-29-18-34-42-39(27-23-59(5,6)46(42)54-51(27)63-11-15-66-54)31(71-34)20-36-44-40(28-24-60(7,8)48(44)56-52(28)64-12-16-68-56)32(72-36)19-35-43-38(26-22-58(3,4)47(43)55-50(26)62-10-14-67-55)30(70-35)17-33(69-29)41(37)45(57)53-49(25)61-9-13-65-53/h9-20,25-28,45-48,69-70H,21-24H2,1-8H3. The van der Waals surface area contributed by atoms with Gasteiger partial charge >= 0.3 is 0 Å². The number of aromatic nitrogens is 12. The van der Waals surface area contributed by atoms with Crippen molar-refractivity contribution in [3.63, 3.8) is 0 Å². The van der Waals surface area contributed by atoms with Crippen LogP contribution < -0.4 is 0 Å². The summed E-state index contributed by atoms with van der Waals surface area (Å²) in [6, 6.07) is 9.57. The zero-order valence-corrected chi connectivity index (χ0v) is 41.8. The van der Waals surface area contributed by atoms with E-state index in [4.69, 9.17) is 49.8 Å². The Labute approximate surface area is 417 Å². The minimum atomic E-state index is -0.0782. The highest BCUT2D eigenvalue weighted by Crippen LogP contribution is 2.69. The SMILES string of the molecule is CC1(C)CC2C3=C(c4cc5nc(cc6[nH]c(cc7[nH]c(cc3n4)c3c7C4CC(C)(C)C3c3nccnc34)c3c6C4CC(C)(C)C3c3nccnc34)C3=C5C4CC(C)(C)C3c3nccnc34)C1c1nccnc12. The zero-order valence-electron chi connectivity index (χ0n) is 41.8. The van der Waals surface area contributed by atoms with Crippen LogP contribution >= 0.6 is 0 Å². The first-order valence-corrected chi connectivity index (χ1v) is 26.2. The molecular weight excluding hydrogens is 889 g/mol. The van der Waals surface area contributed by atoms with Crippen LogP contribution in [0.1, 0.15) is 219 Å². The van der Waals surface area contributed by atoms with Crippen LogP contribution in [-0.4, -0.2) is 59.8 Å². The molecule has 0 fully saturated rings. The third-order valence-corrected chi connectivity index (χ3v) is 19.6. The third kappa shape index (κ3) is 4.77. The predicted molar refractivity (Wildman–Crippen MR) is 275 cm³/mol. The smallest absolute Gasteiger partial charge is 0.0706 e.